The molecule has 0 N–H and O–H groups in total. The highest BCUT2D eigenvalue weighted by Crippen LogP contribution is 2.38. The Balaban J connectivity index is 3.90. The number of phosphoric acid groups is 1. The van der Waals surface area contributed by atoms with E-state index in [1.807, 2.05) is 21.1 Å². The van der Waals surface area contributed by atoms with Crippen LogP contribution in [0.15, 0.2) is 85.1 Å². The monoisotopic (exact) mass is 1390 g/mol. The van der Waals surface area contributed by atoms with Crippen LogP contribution < -0.4 is 4.89 Å². The van der Waals surface area contributed by atoms with Gasteiger partial charge in [0.25, 0.3) is 7.82 Å². The molecule has 0 rings (SSSR count). The molecule has 0 aromatic rings. The fourth-order valence-electron chi connectivity index (χ4n) is 12.5. The number of phosphoric ester groups is 1. The summed E-state index contributed by atoms with van der Waals surface area (Å²) in [4.78, 5) is 38.2. The van der Waals surface area contributed by atoms with Gasteiger partial charge in [0.05, 0.1) is 27.7 Å². The molecule has 0 fully saturated rings. The van der Waals surface area contributed by atoms with E-state index in [1.54, 1.807) is 0 Å². The number of hydrogen-bond donors (Lipinski definition) is 0. The maximum absolute atomic E-state index is 12.9. The van der Waals surface area contributed by atoms with Gasteiger partial charge in [0.15, 0.2) is 6.10 Å². The van der Waals surface area contributed by atoms with Crippen LogP contribution in [-0.2, 0) is 32.7 Å². The predicted molar refractivity (Wildman–Crippen MR) is 425 cm³/mol. The smallest absolute Gasteiger partial charge is 0.306 e. The van der Waals surface area contributed by atoms with Gasteiger partial charge in [-0.2, -0.15) is 0 Å². The Kier molecular flexibility index (Phi) is 76.1. The SMILES string of the molecule is CC/C=C\C/C=C\C/C=C\C/C=C\C/C=C\C/C=C\C/C=C\CCCCCCCCCCCCCCCCCCCCCC(=O)OC(COC(=O)CCCCCCCCCCCCCCCCCCCCCCCCCCCCCCCCCCC)COP(=O)([O-])OCC[N+](C)(C)C. The maximum Gasteiger partial charge on any atom is 0.306 e. The third kappa shape index (κ3) is 82.1. The second-order valence-electron chi connectivity index (χ2n) is 29.8. The molecule has 0 spiro atoms. The summed E-state index contributed by atoms with van der Waals surface area (Å²) < 4.78 is 34.5. The standard InChI is InChI=1S/C88H162NO8P/c1-6-8-10-12-14-16-18-20-22-24-26-28-30-32-34-36-38-40-41-42-43-44-45-46-47-49-51-53-55-57-59-61-63-65-67-69-71-73-75-77-79-81-88(91)97-86(85-96-98(92,93)95-83-82-89(3,4)5)84-94-87(90)80-78-76-74-72-70-68-66-64-62-60-58-56-54-52-50-48-39-37-35-33-31-29-27-25-23-21-19-17-15-13-11-9-7-2/h8,10,14,16,20,22,26,28,32,34,38,40,42-43,86H,6-7,9,11-13,15,17-19,21,23-25,27,29-31,33,35-37,39,41,44-85H2,1-5H3/b10-8-,16-14-,22-20-,28-26-,34-32-,40-38-,43-42-. The van der Waals surface area contributed by atoms with Crippen molar-refractivity contribution in [2.45, 2.75) is 418 Å². The van der Waals surface area contributed by atoms with E-state index in [0.29, 0.717) is 17.4 Å². The third-order valence-corrected chi connectivity index (χ3v) is 19.9. The minimum atomic E-state index is -4.65. The first kappa shape index (κ1) is 95.2. The summed E-state index contributed by atoms with van der Waals surface area (Å²) in [5.74, 6) is -0.811. The zero-order valence-electron chi connectivity index (χ0n) is 65.5. The summed E-state index contributed by atoms with van der Waals surface area (Å²) in [6.07, 6.45) is 109. The van der Waals surface area contributed by atoms with Crippen molar-refractivity contribution in [2.75, 3.05) is 47.5 Å². The Labute approximate surface area is 609 Å². The first-order chi connectivity index (χ1) is 48.0. The molecule has 0 aromatic carbocycles. The molecule has 572 valence electrons. The van der Waals surface area contributed by atoms with Gasteiger partial charge in [-0.25, -0.2) is 0 Å². The Hall–Kier alpha value is -2.81. The van der Waals surface area contributed by atoms with Crippen molar-refractivity contribution in [1.29, 1.82) is 0 Å². The predicted octanol–water partition coefficient (Wildman–Crippen LogP) is 27.8. The molecule has 0 aliphatic heterocycles. The van der Waals surface area contributed by atoms with E-state index >= 15 is 0 Å². The molecule has 98 heavy (non-hydrogen) atoms. The lowest BCUT2D eigenvalue weighted by Crippen LogP contribution is -2.37. The number of allylic oxidation sites excluding steroid dienone is 14. The number of hydrogen-bond acceptors (Lipinski definition) is 8. The first-order valence-electron chi connectivity index (χ1n) is 42.3. The second kappa shape index (κ2) is 78.3. The number of esters is 2. The molecule has 0 heterocycles. The van der Waals surface area contributed by atoms with Crippen molar-refractivity contribution >= 4 is 19.8 Å². The van der Waals surface area contributed by atoms with E-state index in [-0.39, 0.29) is 32.0 Å². The third-order valence-electron chi connectivity index (χ3n) is 18.9. The van der Waals surface area contributed by atoms with Crippen LogP contribution in [0.2, 0.25) is 0 Å². The van der Waals surface area contributed by atoms with Gasteiger partial charge in [-0.05, 0) is 70.6 Å². The van der Waals surface area contributed by atoms with Gasteiger partial charge >= 0.3 is 11.9 Å². The van der Waals surface area contributed by atoms with Gasteiger partial charge < -0.3 is 27.9 Å². The van der Waals surface area contributed by atoms with E-state index in [2.05, 4.69) is 98.9 Å². The van der Waals surface area contributed by atoms with Gasteiger partial charge in [0, 0.05) is 12.8 Å². The summed E-state index contributed by atoms with van der Waals surface area (Å²) in [5.41, 5.74) is 0. The zero-order chi connectivity index (χ0) is 71.1. The summed E-state index contributed by atoms with van der Waals surface area (Å²) in [7, 11) is 1.19. The number of carbonyl (C=O) groups is 2. The van der Waals surface area contributed by atoms with Gasteiger partial charge in [-0.1, -0.05) is 414 Å². The number of rotatable bonds is 79. The van der Waals surface area contributed by atoms with Gasteiger partial charge in [0.2, 0.25) is 0 Å². The van der Waals surface area contributed by atoms with Crippen LogP contribution in [0.25, 0.3) is 0 Å². The Morgan fingerprint density at radius 1 is 0.327 bits per heavy atom. The number of carbonyl (C=O) groups excluding carboxylic acids is 2. The molecule has 0 saturated heterocycles. The van der Waals surface area contributed by atoms with Crippen molar-refractivity contribution in [1.82, 2.24) is 0 Å². The molecule has 0 bridgehead atoms. The van der Waals surface area contributed by atoms with Crippen LogP contribution in [0.3, 0.4) is 0 Å². The lowest BCUT2D eigenvalue weighted by atomic mass is 10.0. The lowest BCUT2D eigenvalue weighted by molar-refractivity contribution is -0.870. The number of nitrogens with zero attached hydrogens (tertiary/aromatic N) is 1. The van der Waals surface area contributed by atoms with Crippen molar-refractivity contribution in [3.8, 4) is 0 Å². The van der Waals surface area contributed by atoms with E-state index in [9.17, 15) is 19.0 Å². The Morgan fingerprint density at radius 2 is 0.582 bits per heavy atom. The molecule has 2 atom stereocenters. The minimum Gasteiger partial charge on any atom is -0.756 e. The quantitative estimate of drug-likeness (QED) is 0.0195. The molecule has 9 nitrogen and oxygen atoms in total. The lowest BCUT2D eigenvalue weighted by Gasteiger charge is -2.28. The molecule has 0 amide bonds. The van der Waals surface area contributed by atoms with Gasteiger partial charge in [-0.3, -0.25) is 14.2 Å². The number of ether oxygens (including phenoxy) is 2. The largest absolute Gasteiger partial charge is 0.756 e. The topological polar surface area (TPSA) is 111 Å². The number of unbranched alkanes of at least 4 members (excludes halogenated alkanes) is 51. The molecular weight excluding hydrogens is 1230 g/mol. The maximum atomic E-state index is 12.9. The van der Waals surface area contributed by atoms with Crippen LogP contribution in [0.1, 0.15) is 412 Å². The molecule has 0 aliphatic carbocycles. The molecule has 0 aromatic heterocycles. The molecule has 2 unspecified atom stereocenters. The van der Waals surface area contributed by atoms with Crippen molar-refractivity contribution in [2.24, 2.45) is 0 Å². The molecule has 10 heteroatoms. The molecule has 0 aliphatic rings. The average molecular weight is 1390 g/mol. The summed E-state index contributed by atoms with van der Waals surface area (Å²) >= 11 is 0. The normalized spacial score (nSPS) is 13.4. The summed E-state index contributed by atoms with van der Waals surface area (Å²) in [6, 6.07) is 0. The van der Waals surface area contributed by atoms with Gasteiger partial charge in [-0.15, -0.1) is 0 Å². The first-order valence-corrected chi connectivity index (χ1v) is 43.8. The average Bonchev–Trinajstić information content (AvgIpc) is 1.08. The van der Waals surface area contributed by atoms with Crippen molar-refractivity contribution in [3.63, 3.8) is 0 Å². The number of likely N-dealkylation sites (N-methyl/N-ethyl adjacent to an activating group) is 1. The van der Waals surface area contributed by atoms with Crippen molar-refractivity contribution in [3.05, 3.63) is 85.1 Å². The zero-order valence-corrected chi connectivity index (χ0v) is 66.4. The Bertz CT molecular complexity index is 1930. The molecule has 0 saturated carbocycles. The van der Waals surface area contributed by atoms with Crippen LogP contribution in [0.4, 0.5) is 0 Å². The van der Waals surface area contributed by atoms with Crippen LogP contribution in [-0.4, -0.2) is 70.0 Å². The van der Waals surface area contributed by atoms with E-state index in [4.69, 9.17) is 18.5 Å². The molecule has 0 radical (unpaired) electrons. The highest BCUT2D eigenvalue weighted by atomic mass is 31.2. The van der Waals surface area contributed by atoms with E-state index in [0.717, 1.165) is 83.5 Å². The van der Waals surface area contributed by atoms with Crippen molar-refractivity contribution < 1.29 is 42.1 Å². The van der Waals surface area contributed by atoms with Crippen LogP contribution in [0.5, 0.6) is 0 Å². The Morgan fingerprint density at radius 3 is 0.867 bits per heavy atom. The fraction of sp³-hybridized carbons (Fsp3) is 0.818. The van der Waals surface area contributed by atoms with E-state index in [1.165, 1.54) is 295 Å². The highest BCUT2D eigenvalue weighted by molar-refractivity contribution is 7.45. The molecular formula is C88H162NO8P. The number of quaternary nitrogens is 1. The van der Waals surface area contributed by atoms with Crippen LogP contribution >= 0.6 is 7.82 Å². The van der Waals surface area contributed by atoms with Gasteiger partial charge in [0.1, 0.15) is 19.8 Å². The highest BCUT2D eigenvalue weighted by Gasteiger charge is 2.22. The summed E-state index contributed by atoms with van der Waals surface area (Å²) in [6.45, 7) is 4.20. The van der Waals surface area contributed by atoms with E-state index < -0.39 is 26.5 Å². The minimum absolute atomic E-state index is 0.0294. The summed E-state index contributed by atoms with van der Waals surface area (Å²) in [5, 5.41) is 0. The fourth-order valence-corrected chi connectivity index (χ4v) is 13.3. The van der Waals surface area contributed by atoms with Crippen LogP contribution in [0, 0.1) is 0 Å². The second-order valence-corrected chi connectivity index (χ2v) is 31.2.